The van der Waals surface area contributed by atoms with E-state index in [1.165, 1.54) is 49.8 Å². The van der Waals surface area contributed by atoms with Gasteiger partial charge in [-0.3, -0.25) is 0 Å². The molecule has 4 bridgehead atoms. The van der Waals surface area contributed by atoms with Crippen LogP contribution in [-0.2, 0) is 9.47 Å². The summed E-state index contributed by atoms with van der Waals surface area (Å²) in [5.74, 6) is 3.29. The minimum absolute atomic E-state index is 0.0942. The first-order valence-corrected chi connectivity index (χ1v) is 13.3. The van der Waals surface area contributed by atoms with Crippen LogP contribution >= 0.6 is 0 Å². The fourth-order valence-electron chi connectivity index (χ4n) is 7.49. The van der Waals surface area contributed by atoms with E-state index in [2.05, 4.69) is 24.3 Å². The maximum Gasteiger partial charge on any atom is 0.339 e. The van der Waals surface area contributed by atoms with E-state index in [4.69, 9.17) is 14.2 Å². The van der Waals surface area contributed by atoms with Gasteiger partial charge in [0.05, 0.1) is 13.2 Å². The van der Waals surface area contributed by atoms with Crippen LogP contribution in [0.5, 0.6) is 11.5 Å². The van der Waals surface area contributed by atoms with Gasteiger partial charge in [0.2, 0.25) is 0 Å². The normalized spacial score (nSPS) is 26.0. The van der Waals surface area contributed by atoms with Crippen molar-refractivity contribution in [3.05, 3.63) is 59.7 Å². The summed E-state index contributed by atoms with van der Waals surface area (Å²) < 4.78 is 17.0. The number of carboxylic acid groups (broad SMARTS) is 1. The number of ether oxygens (including phenoxy) is 3. The highest BCUT2D eigenvalue weighted by atomic mass is 16.7. The zero-order chi connectivity index (χ0) is 25.5. The molecule has 0 saturated heterocycles. The SMILES string of the molecule is COCCOCOc1cc2ccc(-c3ccc(C(=O)O)c(O)c3)cc2cc1C1C2CC3CC(C2)CC1C3. The minimum atomic E-state index is -1.14. The van der Waals surface area contributed by atoms with Gasteiger partial charge in [0.1, 0.15) is 17.1 Å². The predicted octanol–water partition coefficient (Wildman–Crippen LogP) is 6.45. The highest BCUT2D eigenvalue weighted by Gasteiger charge is 2.49. The quantitative estimate of drug-likeness (QED) is 0.258. The summed E-state index contributed by atoms with van der Waals surface area (Å²) in [6, 6.07) is 15.4. The van der Waals surface area contributed by atoms with Crippen molar-refractivity contribution >= 4 is 16.7 Å². The second-order valence-corrected chi connectivity index (χ2v) is 11.1. The first-order chi connectivity index (χ1) is 18.0. The first-order valence-electron chi connectivity index (χ1n) is 13.3. The van der Waals surface area contributed by atoms with Crippen LogP contribution in [-0.4, -0.2) is 43.3 Å². The van der Waals surface area contributed by atoms with Gasteiger partial charge in [-0.25, -0.2) is 4.79 Å². The topological polar surface area (TPSA) is 85.2 Å². The molecule has 0 aliphatic heterocycles. The Hall–Kier alpha value is -3.09. The summed E-state index contributed by atoms with van der Waals surface area (Å²) in [4.78, 5) is 11.3. The molecule has 7 rings (SSSR count). The standard InChI is InChI=1S/C31H34O6/c1-35-6-7-36-17-37-29-16-22-3-2-20(21-4-5-26(31(33)34)28(32)15-21)13-23(22)14-27(29)30-24-9-18-8-19(11-24)12-25(30)10-18/h2-5,13-16,18-19,24-25,30,32H,6-12,17H2,1H3,(H,33,34). The molecule has 0 radical (unpaired) electrons. The number of aromatic hydroxyl groups is 1. The lowest BCUT2D eigenvalue weighted by molar-refractivity contribution is -0.0160. The Balaban J connectivity index is 1.36. The van der Waals surface area contributed by atoms with Crippen LogP contribution in [0.1, 0.15) is 53.9 Å². The number of rotatable bonds is 9. The third-order valence-corrected chi connectivity index (χ3v) is 8.85. The highest BCUT2D eigenvalue weighted by Crippen LogP contribution is 2.61. The lowest BCUT2D eigenvalue weighted by Gasteiger charge is -2.54. The Bertz CT molecular complexity index is 1290. The highest BCUT2D eigenvalue weighted by molar-refractivity contribution is 5.93. The van der Waals surface area contributed by atoms with E-state index in [9.17, 15) is 15.0 Å². The van der Waals surface area contributed by atoms with Crippen LogP contribution in [0.15, 0.2) is 48.5 Å². The molecule has 0 unspecified atom stereocenters. The Labute approximate surface area is 217 Å². The number of carboxylic acids is 1. The fraction of sp³-hybridized carbons (Fsp3) is 0.452. The molecule has 4 saturated carbocycles. The number of fused-ring (bicyclic) bond motifs is 1. The van der Waals surface area contributed by atoms with Crippen LogP contribution in [0.2, 0.25) is 0 Å². The van der Waals surface area contributed by atoms with E-state index in [1.54, 1.807) is 13.2 Å². The summed E-state index contributed by atoms with van der Waals surface area (Å²) in [6.07, 6.45) is 6.73. The number of hydrogen-bond donors (Lipinski definition) is 2. The van der Waals surface area contributed by atoms with Crippen molar-refractivity contribution in [2.24, 2.45) is 23.7 Å². The van der Waals surface area contributed by atoms with Crippen LogP contribution in [0.4, 0.5) is 0 Å². The van der Waals surface area contributed by atoms with Gasteiger partial charge < -0.3 is 24.4 Å². The van der Waals surface area contributed by atoms with E-state index in [-0.39, 0.29) is 18.1 Å². The second kappa shape index (κ2) is 9.99. The summed E-state index contributed by atoms with van der Waals surface area (Å²) in [6.45, 7) is 1.23. The van der Waals surface area contributed by atoms with Gasteiger partial charge in [-0.2, -0.15) is 0 Å². The van der Waals surface area contributed by atoms with Crippen molar-refractivity contribution in [1.29, 1.82) is 0 Å². The Morgan fingerprint density at radius 3 is 2.24 bits per heavy atom. The summed E-state index contributed by atoms with van der Waals surface area (Å²) in [5, 5.41) is 21.7. The zero-order valence-electron chi connectivity index (χ0n) is 21.2. The van der Waals surface area contributed by atoms with Crippen LogP contribution in [0.3, 0.4) is 0 Å². The van der Waals surface area contributed by atoms with E-state index in [0.717, 1.165) is 39.5 Å². The molecule has 0 atom stereocenters. The van der Waals surface area contributed by atoms with Gasteiger partial charge in [0.25, 0.3) is 0 Å². The molecule has 4 aliphatic rings. The monoisotopic (exact) mass is 502 g/mol. The molecule has 194 valence electrons. The second-order valence-electron chi connectivity index (χ2n) is 11.1. The molecule has 0 aromatic heterocycles. The molecule has 0 amide bonds. The van der Waals surface area contributed by atoms with Gasteiger partial charge in [-0.1, -0.05) is 18.2 Å². The first kappa shape index (κ1) is 24.3. The number of phenols is 1. The molecule has 0 heterocycles. The maximum atomic E-state index is 11.3. The van der Waals surface area contributed by atoms with Gasteiger partial charge in [-0.05, 0) is 119 Å². The smallest absolute Gasteiger partial charge is 0.339 e. The Morgan fingerprint density at radius 1 is 0.865 bits per heavy atom. The maximum absolute atomic E-state index is 11.3. The average molecular weight is 503 g/mol. The van der Waals surface area contributed by atoms with Gasteiger partial charge in [0, 0.05) is 7.11 Å². The Morgan fingerprint density at radius 2 is 1.57 bits per heavy atom. The molecule has 6 heteroatoms. The zero-order valence-corrected chi connectivity index (χ0v) is 21.2. The van der Waals surface area contributed by atoms with Crippen molar-refractivity contribution in [3.8, 4) is 22.6 Å². The fourth-order valence-corrected chi connectivity index (χ4v) is 7.49. The average Bonchev–Trinajstić information content (AvgIpc) is 2.87. The number of hydrogen-bond acceptors (Lipinski definition) is 5. The lowest BCUT2D eigenvalue weighted by atomic mass is 9.50. The van der Waals surface area contributed by atoms with E-state index >= 15 is 0 Å². The van der Waals surface area contributed by atoms with Crippen molar-refractivity contribution in [1.82, 2.24) is 0 Å². The molecule has 6 nitrogen and oxygen atoms in total. The summed E-state index contributed by atoms with van der Waals surface area (Å²) in [7, 11) is 1.66. The molecule has 3 aromatic rings. The largest absolute Gasteiger partial charge is 0.507 e. The third kappa shape index (κ3) is 4.69. The van der Waals surface area contributed by atoms with Crippen LogP contribution in [0, 0.1) is 23.7 Å². The van der Waals surface area contributed by atoms with Crippen molar-refractivity contribution in [3.63, 3.8) is 0 Å². The van der Waals surface area contributed by atoms with Crippen molar-refractivity contribution in [2.45, 2.75) is 38.0 Å². The number of benzene rings is 3. The molecule has 37 heavy (non-hydrogen) atoms. The molecule has 2 N–H and O–H groups in total. The summed E-state index contributed by atoms with van der Waals surface area (Å²) >= 11 is 0. The number of carbonyl (C=O) groups is 1. The van der Waals surface area contributed by atoms with E-state index in [0.29, 0.717) is 31.0 Å². The molecular weight excluding hydrogens is 468 g/mol. The van der Waals surface area contributed by atoms with Gasteiger partial charge in [0.15, 0.2) is 6.79 Å². The van der Waals surface area contributed by atoms with Gasteiger partial charge in [-0.15, -0.1) is 0 Å². The lowest BCUT2D eigenvalue weighted by Crippen LogP contribution is -2.43. The van der Waals surface area contributed by atoms with Gasteiger partial charge >= 0.3 is 5.97 Å². The molecule has 3 aromatic carbocycles. The molecule has 4 fully saturated rings. The number of methoxy groups -OCH3 is 1. The predicted molar refractivity (Wildman–Crippen MR) is 141 cm³/mol. The van der Waals surface area contributed by atoms with Crippen molar-refractivity contribution in [2.75, 3.05) is 27.1 Å². The molecule has 0 spiro atoms. The molecule has 4 aliphatic carbocycles. The van der Waals surface area contributed by atoms with Crippen molar-refractivity contribution < 1.29 is 29.2 Å². The summed E-state index contributed by atoms with van der Waals surface area (Å²) in [5.41, 5.74) is 2.92. The Kier molecular flexibility index (Phi) is 6.55. The molecular formula is C31H34O6. The van der Waals surface area contributed by atoms with E-state index < -0.39 is 5.97 Å². The number of aromatic carboxylic acids is 1. The van der Waals surface area contributed by atoms with Crippen LogP contribution < -0.4 is 4.74 Å². The minimum Gasteiger partial charge on any atom is -0.507 e. The van der Waals surface area contributed by atoms with Crippen LogP contribution in [0.25, 0.3) is 21.9 Å². The van der Waals surface area contributed by atoms with E-state index in [1.807, 2.05) is 6.07 Å². The third-order valence-electron chi connectivity index (χ3n) is 8.85.